The minimum absolute atomic E-state index is 0.0621. The average molecular weight is 529 g/mol. The normalized spacial score (nSPS) is 18.3. The highest BCUT2D eigenvalue weighted by atomic mass is 35.5. The first kappa shape index (κ1) is 26.3. The second-order valence-corrected chi connectivity index (χ2v) is 9.82. The summed E-state index contributed by atoms with van der Waals surface area (Å²) in [7, 11) is 0. The van der Waals surface area contributed by atoms with Gasteiger partial charge in [0.25, 0.3) is 11.9 Å². The van der Waals surface area contributed by atoms with Gasteiger partial charge in [-0.3, -0.25) is 14.7 Å². The van der Waals surface area contributed by atoms with Crippen molar-refractivity contribution in [1.29, 1.82) is 0 Å². The van der Waals surface area contributed by atoms with E-state index >= 15 is 0 Å². The van der Waals surface area contributed by atoms with Crippen molar-refractivity contribution in [2.75, 3.05) is 6.61 Å². The molecule has 2 atom stereocenters. The second-order valence-electron chi connectivity index (χ2n) is 8.95. The van der Waals surface area contributed by atoms with E-state index in [2.05, 4.69) is 11.6 Å². The maximum absolute atomic E-state index is 13.9. The van der Waals surface area contributed by atoms with Crippen LogP contribution in [0.25, 0.3) is 5.57 Å². The van der Waals surface area contributed by atoms with Crippen molar-refractivity contribution in [3.05, 3.63) is 105 Å². The van der Waals surface area contributed by atoms with E-state index in [0.717, 1.165) is 11.1 Å². The summed E-state index contributed by atoms with van der Waals surface area (Å²) < 4.78 is 6.42. The number of hydrogen-bond donors (Lipinski definition) is 3. The standard InChI is InChI=1S/C27H26Cl2N2O5/c1-16(2)18-4-11-24-23(12-18)25(32)31(14-22-10-9-21(29)13-30-22)26(24,19-5-7-20(28)8-6-19)36-15-17(3)27(33,34)35/h4-13,17,33-35H,1,14-15H2,2-3H3/t17-,26?/m0/s1. The molecule has 4 rings (SSSR count). The Bertz CT molecular complexity index is 1290. The molecule has 3 aromatic rings. The van der Waals surface area contributed by atoms with E-state index in [0.29, 0.717) is 32.4 Å². The molecule has 0 radical (unpaired) electrons. The number of nitrogens with zero attached hydrogens (tertiary/aromatic N) is 2. The van der Waals surface area contributed by atoms with Crippen LogP contribution < -0.4 is 0 Å². The molecule has 2 heterocycles. The SMILES string of the molecule is C=C(C)c1ccc2c(c1)C(=O)N(Cc1ccc(Cl)cn1)C2(OC[C@H](C)C(O)(O)O)c1ccc(Cl)cc1. The molecule has 0 aliphatic carbocycles. The summed E-state index contributed by atoms with van der Waals surface area (Å²) in [6, 6.07) is 15.7. The van der Waals surface area contributed by atoms with Crippen LogP contribution in [0.2, 0.25) is 10.0 Å². The molecule has 0 saturated carbocycles. The number of amides is 1. The third-order valence-corrected chi connectivity index (χ3v) is 6.76. The molecule has 7 nitrogen and oxygen atoms in total. The van der Waals surface area contributed by atoms with Crippen LogP contribution in [0.4, 0.5) is 0 Å². The number of allylic oxidation sites excluding steroid dienone is 1. The van der Waals surface area contributed by atoms with Crippen LogP contribution in [-0.2, 0) is 17.0 Å². The lowest BCUT2D eigenvalue weighted by Crippen LogP contribution is -2.49. The molecule has 0 fully saturated rings. The third-order valence-electron chi connectivity index (χ3n) is 6.28. The summed E-state index contributed by atoms with van der Waals surface area (Å²) >= 11 is 12.2. The topological polar surface area (TPSA) is 103 Å². The summed E-state index contributed by atoms with van der Waals surface area (Å²) in [5.41, 5.74) is 2.23. The molecule has 188 valence electrons. The Morgan fingerprint density at radius 2 is 1.78 bits per heavy atom. The average Bonchev–Trinajstić information content (AvgIpc) is 3.06. The molecule has 0 bridgehead atoms. The van der Waals surface area contributed by atoms with Crippen molar-refractivity contribution in [2.24, 2.45) is 5.92 Å². The van der Waals surface area contributed by atoms with Gasteiger partial charge in [-0.1, -0.05) is 66.5 Å². The van der Waals surface area contributed by atoms with Gasteiger partial charge < -0.3 is 20.1 Å². The van der Waals surface area contributed by atoms with Crippen molar-refractivity contribution in [1.82, 2.24) is 9.88 Å². The van der Waals surface area contributed by atoms with E-state index in [1.54, 1.807) is 48.5 Å². The maximum Gasteiger partial charge on any atom is 0.280 e. The number of hydrogen-bond acceptors (Lipinski definition) is 6. The van der Waals surface area contributed by atoms with Gasteiger partial charge in [0.15, 0.2) is 5.72 Å². The summed E-state index contributed by atoms with van der Waals surface area (Å²) in [5, 5.41) is 30.1. The summed E-state index contributed by atoms with van der Waals surface area (Å²) in [6.45, 7) is 7.02. The van der Waals surface area contributed by atoms with E-state index < -0.39 is 17.6 Å². The Morgan fingerprint density at radius 3 is 2.36 bits per heavy atom. The third kappa shape index (κ3) is 4.91. The van der Waals surface area contributed by atoms with Gasteiger partial charge in [0.2, 0.25) is 0 Å². The summed E-state index contributed by atoms with van der Waals surface area (Å²) in [4.78, 5) is 19.8. The fraction of sp³-hybridized carbons (Fsp3) is 0.259. The number of fused-ring (bicyclic) bond motifs is 1. The van der Waals surface area contributed by atoms with Crippen molar-refractivity contribution in [2.45, 2.75) is 32.1 Å². The van der Waals surface area contributed by atoms with Crippen LogP contribution in [0.3, 0.4) is 0 Å². The summed E-state index contributed by atoms with van der Waals surface area (Å²) in [5.74, 6) is -4.39. The highest BCUT2D eigenvalue weighted by Crippen LogP contribution is 2.47. The minimum atomic E-state index is -2.97. The number of aliphatic hydroxyl groups is 3. The van der Waals surface area contributed by atoms with Crippen molar-refractivity contribution in [3.63, 3.8) is 0 Å². The lowest BCUT2D eigenvalue weighted by molar-refractivity contribution is -0.347. The predicted molar refractivity (Wildman–Crippen MR) is 137 cm³/mol. The largest absolute Gasteiger partial charge is 0.346 e. The first-order chi connectivity index (χ1) is 16.9. The van der Waals surface area contributed by atoms with Crippen molar-refractivity contribution >= 4 is 34.7 Å². The monoisotopic (exact) mass is 528 g/mol. The van der Waals surface area contributed by atoms with E-state index in [9.17, 15) is 20.1 Å². The maximum atomic E-state index is 13.9. The van der Waals surface area contributed by atoms with E-state index in [1.807, 2.05) is 13.0 Å². The van der Waals surface area contributed by atoms with Crippen LogP contribution in [-0.4, -0.2) is 43.7 Å². The summed E-state index contributed by atoms with van der Waals surface area (Å²) in [6.07, 6.45) is 1.49. The molecule has 0 saturated heterocycles. The molecular weight excluding hydrogens is 503 g/mol. The fourth-order valence-electron chi connectivity index (χ4n) is 4.14. The quantitative estimate of drug-likeness (QED) is 0.370. The molecule has 3 N–H and O–H groups in total. The van der Waals surface area contributed by atoms with Gasteiger partial charge in [-0.15, -0.1) is 0 Å². The second kappa shape index (κ2) is 9.94. The fourth-order valence-corrected chi connectivity index (χ4v) is 4.38. The Kier molecular flexibility index (Phi) is 7.26. The number of pyridine rings is 1. The molecular formula is C27H26Cl2N2O5. The van der Waals surface area contributed by atoms with Crippen LogP contribution in [0.5, 0.6) is 0 Å². The molecule has 9 heteroatoms. The van der Waals surface area contributed by atoms with Crippen LogP contribution >= 0.6 is 23.2 Å². The highest BCUT2D eigenvalue weighted by molar-refractivity contribution is 6.30. The number of halogens is 2. The van der Waals surface area contributed by atoms with Crippen molar-refractivity contribution in [3.8, 4) is 0 Å². The molecule has 1 amide bonds. The zero-order chi connectivity index (χ0) is 26.3. The van der Waals surface area contributed by atoms with Gasteiger partial charge in [-0.2, -0.15) is 0 Å². The Morgan fingerprint density at radius 1 is 1.11 bits per heavy atom. The lowest BCUT2D eigenvalue weighted by Gasteiger charge is -2.40. The van der Waals surface area contributed by atoms with Crippen molar-refractivity contribution < 1.29 is 24.9 Å². The molecule has 0 spiro atoms. The lowest BCUT2D eigenvalue weighted by atomic mass is 9.91. The molecule has 1 aromatic heterocycles. The first-order valence-corrected chi connectivity index (χ1v) is 12.0. The predicted octanol–water partition coefficient (Wildman–Crippen LogP) is 4.56. The zero-order valence-electron chi connectivity index (χ0n) is 19.8. The van der Waals surface area contributed by atoms with E-state index in [-0.39, 0.29) is 19.1 Å². The van der Waals surface area contributed by atoms with Gasteiger partial charge in [0, 0.05) is 27.9 Å². The molecule has 1 unspecified atom stereocenters. The van der Waals surface area contributed by atoms with E-state index in [4.69, 9.17) is 27.9 Å². The molecule has 36 heavy (non-hydrogen) atoms. The van der Waals surface area contributed by atoms with Gasteiger partial charge in [-0.05, 0) is 42.8 Å². The number of ether oxygens (including phenoxy) is 1. The zero-order valence-corrected chi connectivity index (χ0v) is 21.3. The Labute approximate surface area is 219 Å². The number of carbonyl (C=O) groups is 1. The van der Waals surface area contributed by atoms with Gasteiger partial charge in [0.05, 0.1) is 29.8 Å². The first-order valence-electron chi connectivity index (χ1n) is 11.2. The molecule has 1 aliphatic rings. The number of aromatic nitrogens is 1. The minimum Gasteiger partial charge on any atom is -0.346 e. The van der Waals surface area contributed by atoms with E-state index in [1.165, 1.54) is 18.0 Å². The van der Waals surface area contributed by atoms with Gasteiger partial charge in [0.1, 0.15) is 0 Å². The highest BCUT2D eigenvalue weighted by Gasteiger charge is 2.53. The van der Waals surface area contributed by atoms with Gasteiger partial charge >= 0.3 is 0 Å². The van der Waals surface area contributed by atoms with Crippen LogP contribution in [0.1, 0.15) is 46.6 Å². The molecule has 1 aliphatic heterocycles. The Balaban J connectivity index is 1.93. The smallest absolute Gasteiger partial charge is 0.280 e. The number of benzene rings is 2. The Hall–Kier alpha value is -2.78. The van der Waals surface area contributed by atoms with Crippen LogP contribution in [0, 0.1) is 5.92 Å². The van der Waals surface area contributed by atoms with Crippen LogP contribution in [0.15, 0.2) is 67.4 Å². The molecule has 2 aromatic carbocycles. The van der Waals surface area contributed by atoms with Gasteiger partial charge in [-0.25, -0.2) is 0 Å². The number of rotatable bonds is 8. The number of carbonyl (C=O) groups excluding carboxylic acids is 1.